The van der Waals surface area contributed by atoms with Crippen LogP contribution in [0.4, 0.5) is 0 Å². The minimum atomic E-state index is -0.489. The second-order valence-electron chi connectivity index (χ2n) is 6.75. The molecule has 0 aromatic rings. The Morgan fingerprint density at radius 3 is 1.90 bits per heavy atom. The lowest BCUT2D eigenvalue weighted by atomic mass is 9.39. The van der Waals surface area contributed by atoms with Crippen LogP contribution in [-0.2, 0) is 28.7 Å². The number of carbonyl (C=O) groups excluding carboxylic acids is 4. The van der Waals surface area contributed by atoms with Crippen LogP contribution in [0.5, 0.6) is 0 Å². The van der Waals surface area contributed by atoms with Gasteiger partial charge >= 0.3 is 23.9 Å². The molecule has 4 fully saturated rings. The molecule has 2 aliphatic heterocycles. The van der Waals surface area contributed by atoms with Crippen molar-refractivity contribution in [2.75, 3.05) is 0 Å². The lowest BCUT2D eigenvalue weighted by Gasteiger charge is -2.60. The summed E-state index contributed by atoms with van der Waals surface area (Å²) in [5, 5.41) is 0. The van der Waals surface area contributed by atoms with Crippen molar-refractivity contribution in [1.82, 2.24) is 0 Å². The molecule has 4 aliphatic carbocycles. The molecule has 6 nitrogen and oxygen atoms in total. The summed E-state index contributed by atoms with van der Waals surface area (Å²) in [7, 11) is 0. The highest BCUT2D eigenvalue weighted by molar-refractivity contribution is 6.01. The molecule has 2 saturated heterocycles. The number of hydrogen-bond donors (Lipinski definition) is 0. The Balaban J connectivity index is 1.66. The Kier molecular flexibility index (Phi) is 1.81. The number of carbonyl (C=O) groups is 4. The zero-order chi connectivity index (χ0) is 14.6. The molecule has 0 spiro atoms. The number of ether oxygens (including phenoxy) is 2. The van der Waals surface area contributed by atoms with Crippen LogP contribution in [0.1, 0.15) is 6.92 Å². The van der Waals surface area contributed by atoms with Crippen LogP contribution in [0.15, 0.2) is 11.6 Å². The largest absolute Gasteiger partial charge is 0.393 e. The Morgan fingerprint density at radius 1 is 0.714 bits per heavy atom. The van der Waals surface area contributed by atoms with Gasteiger partial charge in [0.15, 0.2) is 0 Å². The fourth-order valence-electron chi connectivity index (χ4n) is 5.60. The Bertz CT molecular complexity index is 676. The molecule has 6 heteroatoms. The van der Waals surface area contributed by atoms with E-state index in [1.165, 1.54) is 0 Å². The van der Waals surface area contributed by atoms with Crippen LogP contribution in [0.3, 0.4) is 0 Å². The third-order valence-electron chi connectivity index (χ3n) is 6.18. The molecule has 6 aliphatic rings. The number of fused-ring (bicyclic) bond motifs is 1. The van der Waals surface area contributed by atoms with Crippen LogP contribution in [0.25, 0.3) is 0 Å². The summed E-state index contributed by atoms with van der Waals surface area (Å²) in [6, 6.07) is 0. The molecule has 2 bridgehead atoms. The summed E-state index contributed by atoms with van der Waals surface area (Å²) in [6.07, 6.45) is 2.00. The summed E-state index contributed by atoms with van der Waals surface area (Å²) in [6.45, 7) is 1.93. The summed E-state index contributed by atoms with van der Waals surface area (Å²) in [5.41, 5.74) is 1.03. The standard InChI is InChI=1S/C15H12O6/c1-3-2-4-6-8(11-10(6)14(18)21-15(11)19)5(3)9-7(4)12(16)20-13(9)17/h2,4-11H,1H3/t4-,5-,6-,7-,8-,9-,10-,11-/m1/s1. The average molecular weight is 288 g/mol. The van der Waals surface area contributed by atoms with Crippen molar-refractivity contribution in [2.24, 2.45) is 47.3 Å². The van der Waals surface area contributed by atoms with Gasteiger partial charge in [0.2, 0.25) is 0 Å². The van der Waals surface area contributed by atoms with Crippen molar-refractivity contribution < 1.29 is 28.7 Å². The maximum absolute atomic E-state index is 12.0. The predicted octanol–water partition coefficient (Wildman–Crippen LogP) is 0.0699. The monoisotopic (exact) mass is 288 g/mol. The summed E-state index contributed by atoms with van der Waals surface area (Å²) >= 11 is 0. The van der Waals surface area contributed by atoms with Crippen LogP contribution < -0.4 is 0 Å². The normalized spacial score (nSPS) is 52.5. The first kappa shape index (κ1) is 11.7. The van der Waals surface area contributed by atoms with Crippen LogP contribution in [0.2, 0.25) is 0 Å². The van der Waals surface area contributed by atoms with Gasteiger partial charge in [-0.3, -0.25) is 19.2 Å². The first-order valence-corrected chi connectivity index (χ1v) is 7.20. The highest BCUT2D eigenvalue weighted by atomic mass is 16.6. The number of hydrogen-bond acceptors (Lipinski definition) is 6. The van der Waals surface area contributed by atoms with Gasteiger partial charge in [0, 0.05) is 0 Å². The molecular formula is C15H12O6. The van der Waals surface area contributed by atoms with Gasteiger partial charge in [-0.1, -0.05) is 11.6 Å². The van der Waals surface area contributed by atoms with E-state index >= 15 is 0 Å². The molecule has 2 heterocycles. The molecule has 108 valence electrons. The zero-order valence-electron chi connectivity index (χ0n) is 11.1. The summed E-state index contributed by atoms with van der Waals surface area (Å²) in [5.74, 6) is -4.27. The van der Waals surface area contributed by atoms with E-state index in [-0.39, 0.29) is 23.7 Å². The maximum atomic E-state index is 12.0. The SMILES string of the molecule is CC1=C[C@H]2[C@H]3C(=O)OC(=O)[C@@H]3[C@H]1[C@H]1[C@H]3C(=O)OC(=O)[C@@H]3[C@H]21. The number of allylic oxidation sites excluding steroid dienone is 2. The molecule has 6 rings (SSSR count). The summed E-state index contributed by atoms with van der Waals surface area (Å²) < 4.78 is 9.60. The van der Waals surface area contributed by atoms with Gasteiger partial charge < -0.3 is 9.47 Å². The van der Waals surface area contributed by atoms with Crippen LogP contribution >= 0.6 is 0 Å². The van der Waals surface area contributed by atoms with Gasteiger partial charge in [0.25, 0.3) is 0 Å². The molecule has 0 radical (unpaired) electrons. The first-order chi connectivity index (χ1) is 10.0. The van der Waals surface area contributed by atoms with E-state index in [2.05, 4.69) is 0 Å². The fraction of sp³-hybridized carbons (Fsp3) is 0.600. The van der Waals surface area contributed by atoms with E-state index in [0.717, 1.165) is 5.57 Å². The third kappa shape index (κ3) is 1.06. The molecule has 0 aromatic heterocycles. The second-order valence-corrected chi connectivity index (χ2v) is 6.75. The van der Waals surface area contributed by atoms with E-state index in [1.54, 1.807) is 0 Å². The van der Waals surface area contributed by atoms with Crippen LogP contribution in [-0.4, -0.2) is 23.9 Å². The van der Waals surface area contributed by atoms with Crippen molar-refractivity contribution in [2.45, 2.75) is 6.92 Å². The van der Waals surface area contributed by atoms with E-state index < -0.39 is 47.5 Å². The second kappa shape index (κ2) is 3.26. The van der Waals surface area contributed by atoms with Gasteiger partial charge in [-0.2, -0.15) is 0 Å². The molecule has 21 heavy (non-hydrogen) atoms. The number of cyclic esters (lactones) is 4. The van der Waals surface area contributed by atoms with Crippen molar-refractivity contribution in [3.63, 3.8) is 0 Å². The maximum Gasteiger partial charge on any atom is 0.318 e. The quantitative estimate of drug-likeness (QED) is 0.356. The van der Waals surface area contributed by atoms with Gasteiger partial charge in [-0.25, -0.2) is 0 Å². The fourth-order valence-corrected chi connectivity index (χ4v) is 5.60. The summed E-state index contributed by atoms with van der Waals surface area (Å²) in [4.78, 5) is 47.7. The lowest BCUT2D eigenvalue weighted by Crippen LogP contribution is -2.64. The van der Waals surface area contributed by atoms with Crippen molar-refractivity contribution in [3.8, 4) is 0 Å². The Hall–Kier alpha value is -1.98. The highest BCUT2D eigenvalue weighted by Crippen LogP contribution is 2.69. The van der Waals surface area contributed by atoms with Crippen molar-refractivity contribution >= 4 is 23.9 Å². The number of esters is 4. The topological polar surface area (TPSA) is 86.7 Å². The molecule has 0 amide bonds. The van der Waals surface area contributed by atoms with Gasteiger partial charge in [-0.05, 0) is 30.6 Å². The molecule has 0 unspecified atom stereocenters. The Morgan fingerprint density at radius 2 is 1.24 bits per heavy atom. The van der Waals surface area contributed by atoms with Crippen molar-refractivity contribution in [1.29, 1.82) is 0 Å². The average Bonchev–Trinajstić information content (AvgIpc) is 2.79. The Labute approximate surface area is 119 Å². The minimum Gasteiger partial charge on any atom is -0.393 e. The smallest absolute Gasteiger partial charge is 0.318 e. The third-order valence-corrected chi connectivity index (χ3v) is 6.18. The van der Waals surface area contributed by atoms with Gasteiger partial charge in [0.1, 0.15) is 0 Å². The van der Waals surface area contributed by atoms with E-state index in [4.69, 9.17) is 9.47 Å². The molecule has 0 aromatic carbocycles. The first-order valence-electron chi connectivity index (χ1n) is 7.20. The van der Waals surface area contributed by atoms with E-state index in [0.29, 0.717) is 0 Å². The molecule has 0 N–H and O–H groups in total. The molecular weight excluding hydrogens is 276 g/mol. The van der Waals surface area contributed by atoms with E-state index in [1.807, 2.05) is 13.0 Å². The predicted molar refractivity (Wildman–Crippen MR) is 63.9 cm³/mol. The van der Waals surface area contributed by atoms with Gasteiger partial charge in [-0.15, -0.1) is 0 Å². The highest BCUT2D eigenvalue weighted by Gasteiger charge is 2.75. The lowest BCUT2D eigenvalue weighted by molar-refractivity contribution is -0.168. The number of rotatable bonds is 0. The van der Waals surface area contributed by atoms with E-state index in [9.17, 15) is 19.2 Å². The zero-order valence-corrected chi connectivity index (χ0v) is 11.1. The van der Waals surface area contributed by atoms with Crippen LogP contribution in [0, 0.1) is 47.3 Å². The van der Waals surface area contributed by atoms with Crippen molar-refractivity contribution in [3.05, 3.63) is 11.6 Å². The minimum absolute atomic E-state index is 0.0661. The van der Waals surface area contributed by atoms with Gasteiger partial charge in [0.05, 0.1) is 23.7 Å². The molecule has 8 atom stereocenters. The molecule has 2 saturated carbocycles.